The Labute approximate surface area is 97.9 Å². The van der Waals surface area contributed by atoms with Crippen LogP contribution in [0, 0.1) is 0 Å². The number of pyridine rings is 1. The lowest BCUT2D eigenvalue weighted by Gasteiger charge is -2.03. The molecule has 1 amide bonds. The third-order valence-corrected chi connectivity index (χ3v) is 2.64. The van der Waals surface area contributed by atoms with E-state index in [1.54, 1.807) is 0 Å². The molecule has 1 aromatic heterocycles. The van der Waals surface area contributed by atoms with Crippen LogP contribution in [0.25, 0.3) is 0 Å². The molecule has 0 fully saturated rings. The largest absolute Gasteiger partial charge is 0.350 e. The number of aromatic nitrogens is 1. The van der Waals surface area contributed by atoms with Gasteiger partial charge < -0.3 is 5.32 Å². The third kappa shape index (κ3) is 4.56. The summed E-state index contributed by atoms with van der Waals surface area (Å²) >= 11 is 5.66. The molecule has 0 saturated carbocycles. The first-order valence-electron chi connectivity index (χ1n) is 4.29. The molecule has 0 unspecified atom stereocenters. The van der Waals surface area contributed by atoms with Crippen LogP contribution in [0.5, 0.6) is 0 Å². The highest BCUT2D eigenvalue weighted by Crippen LogP contribution is 2.07. The van der Waals surface area contributed by atoms with E-state index in [1.807, 2.05) is 0 Å². The van der Waals surface area contributed by atoms with E-state index in [4.69, 9.17) is 16.7 Å². The van der Waals surface area contributed by atoms with E-state index in [1.165, 1.54) is 18.3 Å². The number of halogens is 1. The number of nitrogens with two attached hydrogens (primary N) is 1. The van der Waals surface area contributed by atoms with Gasteiger partial charge in [-0.2, -0.15) is 0 Å². The summed E-state index contributed by atoms with van der Waals surface area (Å²) in [5.41, 5.74) is 0.127. The van der Waals surface area contributed by atoms with Crippen LogP contribution in [0.2, 0.25) is 5.02 Å². The number of nitrogens with one attached hydrogen (secondary N) is 1. The molecule has 16 heavy (non-hydrogen) atoms. The van der Waals surface area contributed by atoms with Crippen molar-refractivity contribution in [1.29, 1.82) is 0 Å². The van der Waals surface area contributed by atoms with Crippen LogP contribution >= 0.6 is 11.6 Å². The number of sulfonamides is 1. The highest BCUT2D eigenvalue weighted by atomic mass is 35.5. The second-order valence-corrected chi connectivity index (χ2v) is 5.15. The number of carbonyl (C=O) groups excluding carboxylic acids is 1. The molecule has 0 aliphatic carbocycles. The minimum atomic E-state index is -3.57. The molecule has 6 nitrogen and oxygen atoms in total. The van der Waals surface area contributed by atoms with Gasteiger partial charge in [0.15, 0.2) is 0 Å². The Kier molecular flexibility index (Phi) is 4.22. The Morgan fingerprint density at radius 1 is 1.56 bits per heavy atom. The minimum Gasteiger partial charge on any atom is -0.350 e. The molecule has 0 atom stereocenters. The van der Waals surface area contributed by atoms with E-state index in [-0.39, 0.29) is 18.0 Å². The average Bonchev–Trinajstić information content (AvgIpc) is 2.15. The van der Waals surface area contributed by atoms with Crippen molar-refractivity contribution in [3.8, 4) is 0 Å². The molecule has 0 aromatic carbocycles. The SMILES string of the molecule is NS(=O)(=O)CCNC(=O)c1cc(Cl)ccn1. The van der Waals surface area contributed by atoms with Crippen molar-refractivity contribution in [2.75, 3.05) is 12.3 Å². The molecular formula is C8H10ClN3O3S. The Morgan fingerprint density at radius 3 is 2.81 bits per heavy atom. The van der Waals surface area contributed by atoms with Gasteiger partial charge in [-0.25, -0.2) is 13.6 Å². The fourth-order valence-corrected chi connectivity index (χ4v) is 1.47. The van der Waals surface area contributed by atoms with Gasteiger partial charge in [0, 0.05) is 17.8 Å². The fourth-order valence-electron chi connectivity index (χ4n) is 0.926. The zero-order valence-electron chi connectivity index (χ0n) is 8.18. The molecule has 1 heterocycles. The second kappa shape index (κ2) is 5.24. The van der Waals surface area contributed by atoms with Gasteiger partial charge in [-0.3, -0.25) is 9.78 Å². The van der Waals surface area contributed by atoms with Crippen LogP contribution in [0.3, 0.4) is 0 Å². The molecule has 3 N–H and O–H groups in total. The third-order valence-electron chi connectivity index (χ3n) is 1.63. The molecular weight excluding hydrogens is 254 g/mol. The van der Waals surface area contributed by atoms with Gasteiger partial charge in [0.25, 0.3) is 5.91 Å². The predicted octanol–water partition coefficient (Wildman–Crippen LogP) is -0.247. The first kappa shape index (κ1) is 12.9. The molecule has 0 bridgehead atoms. The van der Waals surface area contributed by atoms with Crippen LogP contribution in [0.15, 0.2) is 18.3 Å². The highest BCUT2D eigenvalue weighted by molar-refractivity contribution is 7.89. The van der Waals surface area contributed by atoms with E-state index in [0.717, 1.165) is 0 Å². The van der Waals surface area contributed by atoms with Crippen LogP contribution in [-0.2, 0) is 10.0 Å². The van der Waals surface area contributed by atoms with Crippen molar-refractivity contribution in [1.82, 2.24) is 10.3 Å². The minimum absolute atomic E-state index is 0.0636. The molecule has 0 spiro atoms. The first-order valence-corrected chi connectivity index (χ1v) is 6.38. The summed E-state index contributed by atoms with van der Waals surface area (Å²) in [7, 11) is -3.57. The zero-order valence-corrected chi connectivity index (χ0v) is 9.75. The number of primary sulfonamides is 1. The molecule has 88 valence electrons. The lowest BCUT2D eigenvalue weighted by atomic mass is 10.3. The van der Waals surface area contributed by atoms with Crippen molar-refractivity contribution < 1.29 is 13.2 Å². The van der Waals surface area contributed by atoms with Crippen LogP contribution < -0.4 is 10.5 Å². The van der Waals surface area contributed by atoms with E-state index in [2.05, 4.69) is 10.3 Å². The number of amides is 1. The monoisotopic (exact) mass is 263 g/mol. The number of hydrogen-bond acceptors (Lipinski definition) is 4. The number of rotatable bonds is 4. The van der Waals surface area contributed by atoms with Crippen LogP contribution in [0.1, 0.15) is 10.5 Å². The van der Waals surface area contributed by atoms with E-state index in [9.17, 15) is 13.2 Å². The van der Waals surface area contributed by atoms with Crippen LogP contribution in [-0.4, -0.2) is 31.6 Å². The number of nitrogens with zero attached hydrogens (tertiary/aromatic N) is 1. The topological polar surface area (TPSA) is 102 Å². The molecule has 8 heteroatoms. The second-order valence-electron chi connectivity index (χ2n) is 2.98. The van der Waals surface area contributed by atoms with Crippen molar-refractivity contribution >= 4 is 27.5 Å². The van der Waals surface area contributed by atoms with Crippen molar-refractivity contribution in [3.63, 3.8) is 0 Å². The maximum Gasteiger partial charge on any atom is 0.269 e. The average molecular weight is 264 g/mol. The summed E-state index contributed by atoms with van der Waals surface area (Å²) in [5, 5.41) is 7.51. The summed E-state index contributed by atoms with van der Waals surface area (Å²) in [6.07, 6.45) is 1.39. The maximum atomic E-state index is 11.4. The predicted molar refractivity (Wildman–Crippen MR) is 59.6 cm³/mol. The van der Waals surface area contributed by atoms with Gasteiger partial charge in [0.2, 0.25) is 10.0 Å². The van der Waals surface area contributed by atoms with E-state index in [0.29, 0.717) is 5.02 Å². The van der Waals surface area contributed by atoms with Gasteiger partial charge in [-0.1, -0.05) is 11.6 Å². The Balaban J connectivity index is 2.54. The molecule has 1 aromatic rings. The van der Waals surface area contributed by atoms with E-state index >= 15 is 0 Å². The highest BCUT2D eigenvalue weighted by Gasteiger charge is 2.08. The number of hydrogen-bond donors (Lipinski definition) is 2. The van der Waals surface area contributed by atoms with Gasteiger partial charge >= 0.3 is 0 Å². The lowest BCUT2D eigenvalue weighted by Crippen LogP contribution is -2.31. The van der Waals surface area contributed by atoms with Crippen molar-refractivity contribution in [2.24, 2.45) is 5.14 Å². The number of carbonyl (C=O) groups is 1. The van der Waals surface area contributed by atoms with Gasteiger partial charge in [-0.05, 0) is 12.1 Å². The quantitative estimate of drug-likeness (QED) is 0.782. The van der Waals surface area contributed by atoms with Gasteiger partial charge in [0.1, 0.15) is 5.69 Å². The Hall–Kier alpha value is -1.18. The van der Waals surface area contributed by atoms with Crippen LogP contribution in [0.4, 0.5) is 0 Å². The zero-order chi connectivity index (χ0) is 12.2. The normalized spacial score (nSPS) is 11.1. The molecule has 0 radical (unpaired) electrons. The molecule has 0 aliphatic heterocycles. The Bertz CT molecular complexity index is 489. The Morgan fingerprint density at radius 2 is 2.25 bits per heavy atom. The van der Waals surface area contributed by atoms with Crippen molar-refractivity contribution in [3.05, 3.63) is 29.0 Å². The molecule has 0 saturated heterocycles. The van der Waals surface area contributed by atoms with Gasteiger partial charge in [-0.15, -0.1) is 0 Å². The first-order chi connectivity index (χ1) is 7.38. The summed E-state index contributed by atoms with van der Waals surface area (Å²) in [6, 6.07) is 2.91. The summed E-state index contributed by atoms with van der Waals surface area (Å²) in [6.45, 7) is -0.0636. The standard InChI is InChI=1S/C8H10ClN3O3S/c9-6-1-2-11-7(5-6)8(13)12-3-4-16(10,14)15/h1-2,5H,3-4H2,(H,12,13)(H2,10,14,15). The van der Waals surface area contributed by atoms with E-state index < -0.39 is 15.9 Å². The fraction of sp³-hybridized carbons (Fsp3) is 0.250. The lowest BCUT2D eigenvalue weighted by molar-refractivity contribution is 0.0951. The smallest absolute Gasteiger partial charge is 0.269 e. The maximum absolute atomic E-state index is 11.4. The summed E-state index contributed by atoms with van der Waals surface area (Å²) in [5.74, 6) is -0.814. The molecule has 0 aliphatic rings. The molecule has 1 rings (SSSR count). The van der Waals surface area contributed by atoms with Gasteiger partial charge in [0.05, 0.1) is 5.75 Å². The summed E-state index contributed by atoms with van der Waals surface area (Å²) < 4.78 is 21.2. The van der Waals surface area contributed by atoms with Crippen molar-refractivity contribution in [2.45, 2.75) is 0 Å². The summed E-state index contributed by atoms with van der Waals surface area (Å²) in [4.78, 5) is 15.2.